The fourth-order valence-corrected chi connectivity index (χ4v) is 3.46. The summed E-state index contributed by atoms with van der Waals surface area (Å²) in [4.78, 5) is 22.7. The maximum atomic E-state index is 12.5. The van der Waals surface area contributed by atoms with E-state index in [4.69, 9.17) is 9.84 Å². The van der Waals surface area contributed by atoms with Gasteiger partial charge in [-0.1, -0.05) is 12.1 Å². The molecule has 0 saturated carbocycles. The zero-order valence-electron chi connectivity index (χ0n) is 16.2. The summed E-state index contributed by atoms with van der Waals surface area (Å²) in [6.07, 6.45) is 2.22. The van der Waals surface area contributed by atoms with E-state index in [0.29, 0.717) is 5.56 Å². The van der Waals surface area contributed by atoms with Crippen molar-refractivity contribution >= 4 is 27.9 Å². The number of alkyl halides is 2. The van der Waals surface area contributed by atoms with Crippen LogP contribution < -0.4 is 14.2 Å². The number of carboxylic acid groups (broad SMARTS) is 1. The van der Waals surface area contributed by atoms with Crippen LogP contribution in [0.3, 0.4) is 0 Å². The smallest absolute Gasteiger partial charge is 0.387 e. The number of hydrogen-bond donors (Lipinski definition) is 2. The summed E-state index contributed by atoms with van der Waals surface area (Å²) >= 11 is 0. The maximum absolute atomic E-state index is 12.5. The number of carbonyl (C=O) groups excluding carboxylic acids is 1. The fourth-order valence-electron chi connectivity index (χ4n) is 2.43. The molecule has 0 aliphatic carbocycles. The van der Waals surface area contributed by atoms with Gasteiger partial charge in [0.2, 0.25) is 10.0 Å². The van der Waals surface area contributed by atoms with Crippen LogP contribution in [0.25, 0.3) is 6.08 Å². The number of sulfonamides is 1. The van der Waals surface area contributed by atoms with Gasteiger partial charge in [-0.25, -0.2) is 13.1 Å². The number of nitrogens with one attached hydrogen (secondary N) is 1. The Morgan fingerprint density at radius 3 is 2.39 bits per heavy atom. The topological polar surface area (TPSA) is 119 Å². The number of ether oxygens (including phenoxy) is 2. The average Bonchev–Trinajstić information content (AvgIpc) is 2.71. The second kappa shape index (κ2) is 10.6. The molecule has 0 heterocycles. The fraction of sp³-hybridized carbons (Fsp3) is 0.200. The molecule has 8 nitrogen and oxygen atoms in total. The van der Waals surface area contributed by atoms with Gasteiger partial charge in [0.1, 0.15) is 0 Å². The first kappa shape index (κ1) is 24.0. The Bertz CT molecular complexity index is 1070. The Morgan fingerprint density at radius 1 is 1.13 bits per heavy atom. The molecular formula is C20H19F2NO7S. The number of halogens is 2. The third-order valence-electron chi connectivity index (χ3n) is 3.91. The molecule has 31 heavy (non-hydrogen) atoms. The molecule has 0 atom stereocenters. The molecule has 2 aromatic rings. The Balaban J connectivity index is 2.10. The molecule has 166 valence electrons. The molecule has 0 spiro atoms. The van der Waals surface area contributed by atoms with Gasteiger partial charge < -0.3 is 14.6 Å². The number of benzene rings is 2. The van der Waals surface area contributed by atoms with Crippen LogP contribution in [-0.4, -0.2) is 45.5 Å². The molecule has 0 saturated heterocycles. The standard InChI is InChI=1S/C20H19F2NO7S/c1-29-17-9-3-13(12-18(17)30-20(21)22)2-8-16(24)14-4-6-15(7-5-14)31(27,28)23-11-10-19(25)26/h2-9,12,20,23H,10-11H2,1H3,(H,25,26)/b8-2+. The second-order valence-electron chi connectivity index (χ2n) is 6.05. The molecule has 0 radical (unpaired) electrons. The Labute approximate surface area is 177 Å². The highest BCUT2D eigenvalue weighted by Gasteiger charge is 2.15. The van der Waals surface area contributed by atoms with Gasteiger partial charge in [0.25, 0.3) is 0 Å². The molecule has 2 aromatic carbocycles. The van der Waals surface area contributed by atoms with E-state index >= 15 is 0 Å². The number of ketones is 1. The maximum Gasteiger partial charge on any atom is 0.387 e. The van der Waals surface area contributed by atoms with Crippen molar-refractivity contribution in [2.45, 2.75) is 17.9 Å². The summed E-state index contributed by atoms with van der Waals surface area (Å²) in [6.45, 7) is -3.30. The van der Waals surface area contributed by atoms with Crippen LogP contribution in [0.1, 0.15) is 22.3 Å². The largest absolute Gasteiger partial charge is 0.493 e. The molecule has 0 amide bonds. The first-order chi connectivity index (χ1) is 14.6. The van der Waals surface area contributed by atoms with E-state index in [0.717, 1.165) is 0 Å². The first-order valence-corrected chi connectivity index (χ1v) is 10.3. The molecular weight excluding hydrogens is 436 g/mol. The average molecular weight is 455 g/mol. The normalized spacial score (nSPS) is 11.6. The lowest BCUT2D eigenvalue weighted by molar-refractivity contribution is -0.136. The van der Waals surface area contributed by atoms with Gasteiger partial charge in [-0.15, -0.1) is 0 Å². The third kappa shape index (κ3) is 7.15. The van der Waals surface area contributed by atoms with Crippen LogP contribution in [-0.2, 0) is 14.8 Å². The molecule has 0 aliphatic rings. The summed E-state index contributed by atoms with van der Waals surface area (Å²) in [5.74, 6) is -1.66. The van der Waals surface area contributed by atoms with Crippen molar-refractivity contribution in [2.75, 3.05) is 13.7 Å². The molecule has 0 aromatic heterocycles. The van der Waals surface area contributed by atoms with Crippen molar-refractivity contribution < 1.29 is 41.4 Å². The number of hydrogen-bond acceptors (Lipinski definition) is 6. The van der Waals surface area contributed by atoms with Crippen LogP contribution in [0.2, 0.25) is 0 Å². The van der Waals surface area contributed by atoms with Crippen molar-refractivity contribution in [1.82, 2.24) is 4.72 Å². The van der Waals surface area contributed by atoms with Gasteiger partial charge in [0, 0.05) is 12.1 Å². The van der Waals surface area contributed by atoms with E-state index in [2.05, 4.69) is 9.46 Å². The molecule has 11 heteroatoms. The quantitative estimate of drug-likeness (QED) is 0.395. The van der Waals surface area contributed by atoms with E-state index in [9.17, 15) is 26.8 Å². The number of rotatable bonds is 11. The molecule has 2 N–H and O–H groups in total. The predicted molar refractivity (Wildman–Crippen MR) is 107 cm³/mol. The van der Waals surface area contributed by atoms with Crippen LogP contribution >= 0.6 is 0 Å². The summed E-state index contributed by atoms with van der Waals surface area (Å²) in [5.41, 5.74) is 0.602. The van der Waals surface area contributed by atoms with Gasteiger partial charge in [-0.3, -0.25) is 9.59 Å². The molecule has 0 unspecified atom stereocenters. The summed E-state index contributed by atoms with van der Waals surface area (Å²) in [7, 11) is -2.60. The van der Waals surface area contributed by atoms with Gasteiger partial charge in [0.05, 0.1) is 18.4 Å². The lowest BCUT2D eigenvalue weighted by Gasteiger charge is -2.10. The van der Waals surface area contributed by atoms with Crippen LogP contribution in [0.5, 0.6) is 11.5 Å². The zero-order chi connectivity index (χ0) is 23.0. The molecule has 2 rings (SSSR count). The van der Waals surface area contributed by atoms with E-state index < -0.39 is 28.4 Å². The Hall–Kier alpha value is -3.31. The van der Waals surface area contributed by atoms with Crippen molar-refractivity contribution in [3.8, 4) is 11.5 Å². The number of carboxylic acids is 1. The van der Waals surface area contributed by atoms with Crippen molar-refractivity contribution in [1.29, 1.82) is 0 Å². The number of methoxy groups -OCH3 is 1. The highest BCUT2D eigenvalue weighted by Crippen LogP contribution is 2.30. The minimum Gasteiger partial charge on any atom is -0.493 e. The summed E-state index contributed by atoms with van der Waals surface area (Å²) < 4.78 is 60.6. The zero-order valence-corrected chi connectivity index (χ0v) is 17.1. The van der Waals surface area contributed by atoms with E-state index in [-0.39, 0.29) is 34.9 Å². The van der Waals surface area contributed by atoms with E-state index in [1.54, 1.807) is 6.07 Å². The van der Waals surface area contributed by atoms with E-state index in [1.807, 2.05) is 0 Å². The summed E-state index contributed by atoms with van der Waals surface area (Å²) in [6, 6.07) is 9.28. The minimum atomic E-state index is -3.90. The minimum absolute atomic E-state index is 0.109. The Morgan fingerprint density at radius 2 is 1.81 bits per heavy atom. The van der Waals surface area contributed by atoms with Crippen molar-refractivity contribution in [3.05, 3.63) is 59.7 Å². The van der Waals surface area contributed by atoms with E-state index in [1.165, 1.54) is 55.7 Å². The van der Waals surface area contributed by atoms with Gasteiger partial charge in [0.15, 0.2) is 17.3 Å². The van der Waals surface area contributed by atoms with Gasteiger partial charge >= 0.3 is 12.6 Å². The highest BCUT2D eigenvalue weighted by atomic mass is 32.2. The number of aliphatic carboxylic acids is 1. The van der Waals surface area contributed by atoms with Crippen molar-refractivity contribution in [3.63, 3.8) is 0 Å². The Kier molecular flexibility index (Phi) is 8.22. The first-order valence-electron chi connectivity index (χ1n) is 8.79. The molecule has 0 aliphatic heterocycles. The number of allylic oxidation sites excluding steroid dienone is 1. The molecule has 0 bridgehead atoms. The monoisotopic (exact) mass is 455 g/mol. The van der Waals surface area contributed by atoms with Crippen LogP contribution in [0.15, 0.2) is 53.4 Å². The molecule has 0 fully saturated rings. The van der Waals surface area contributed by atoms with Gasteiger partial charge in [-0.2, -0.15) is 8.78 Å². The number of carbonyl (C=O) groups is 2. The van der Waals surface area contributed by atoms with Gasteiger partial charge in [-0.05, 0) is 48.0 Å². The van der Waals surface area contributed by atoms with Crippen LogP contribution in [0.4, 0.5) is 8.78 Å². The lowest BCUT2D eigenvalue weighted by atomic mass is 10.1. The highest BCUT2D eigenvalue weighted by molar-refractivity contribution is 7.89. The third-order valence-corrected chi connectivity index (χ3v) is 5.39. The SMILES string of the molecule is COc1ccc(/C=C/C(=O)c2ccc(S(=O)(=O)NCCC(=O)O)cc2)cc1OC(F)F. The van der Waals surface area contributed by atoms with Crippen molar-refractivity contribution in [2.24, 2.45) is 0 Å². The second-order valence-corrected chi connectivity index (χ2v) is 7.82. The lowest BCUT2D eigenvalue weighted by Crippen LogP contribution is -2.26. The summed E-state index contributed by atoms with van der Waals surface area (Å²) in [5, 5.41) is 8.57. The predicted octanol–water partition coefficient (Wildman–Crippen LogP) is 2.95. The van der Waals surface area contributed by atoms with Crippen LogP contribution in [0, 0.1) is 0 Å².